The third-order valence-corrected chi connectivity index (χ3v) is 4.09. The van der Waals surface area contributed by atoms with Gasteiger partial charge in [-0.3, -0.25) is 4.79 Å². The average molecular weight is 299 g/mol. The Morgan fingerprint density at radius 2 is 2.00 bits per heavy atom. The summed E-state index contributed by atoms with van der Waals surface area (Å²) in [4.78, 5) is 14.4. The molecule has 0 spiro atoms. The van der Waals surface area contributed by atoms with Gasteiger partial charge < -0.3 is 10.0 Å². The third kappa shape index (κ3) is 3.11. The van der Waals surface area contributed by atoms with Crippen molar-refractivity contribution in [3.63, 3.8) is 0 Å². The van der Waals surface area contributed by atoms with Crippen LogP contribution in [-0.2, 0) is 11.2 Å². The number of rotatable bonds is 3. The number of benzene rings is 2. The summed E-state index contributed by atoms with van der Waals surface area (Å²) in [5.41, 5.74) is 1.78. The molecular weight excluding hydrogens is 281 g/mol. The largest absolute Gasteiger partial charge is 0.508 e. The first-order valence-corrected chi connectivity index (χ1v) is 7.46. The van der Waals surface area contributed by atoms with E-state index in [0.717, 1.165) is 30.5 Å². The summed E-state index contributed by atoms with van der Waals surface area (Å²) >= 11 is 0. The molecule has 0 aromatic heterocycles. The Morgan fingerprint density at radius 3 is 2.73 bits per heavy atom. The second-order valence-electron chi connectivity index (χ2n) is 5.64. The highest BCUT2D eigenvalue weighted by Gasteiger charge is 2.29. The highest BCUT2D eigenvalue weighted by atomic mass is 19.1. The molecule has 1 fully saturated rings. The molecule has 1 N–H and O–H groups in total. The summed E-state index contributed by atoms with van der Waals surface area (Å²) in [6.45, 7) is 0.722. The molecule has 114 valence electrons. The SMILES string of the molecule is O=C(Cc1cccc(O)c1)N1CCCC1c1ccc(F)cc1. The van der Waals surface area contributed by atoms with Crippen LogP contribution in [0.5, 0.6) is 5.75 Å². The van der Waals surface area contributed by atoms with Crippen LogP contribution in [0, 0.1) is 5.82 Å². The van der Waals surface area contributed by atoms with Gasteiger partial charge in [0, 0.05) is 6.54 Å². The Labute approximate surface area is 129 Å². The number of amides is 1. The minimum absolute atomic E-state index is 0.0189. The number of likely N-dealkylation sites (tertiary alicyclic amines) is 1. The minimum atomic E-state index is -0.264. The molecule has 1 unspecified atom stereocenters. The summed E-state index contributed by atoms with van der Waals surface area (Å²) in [6.07, 6.45) is 2.12. The van der Waals surface area contributed by atoms with Gasteiger partial charge in [0.05, 0.1) is 12.5 Å². The number of hydrogen-bond donors (Lipinski definition) is 1. The van der Waals surface area contributed by atoms with Crippen LogP contribution < -0.4 is 0 Å². The Bertz CT molecular complexity index is 669. The van der Waals surface area contributed by atoms with E-state index in [2.05, 4.69) is 0 Å². The predicted octanol–water partition coefficient (Wildman–Crippen LogP) is 3.44. The second-order valence-corrected chi connectivity index (χ2v) is 5.64. The van der Waals surface area contributed by atoms with E-state index in [0.29, 0.717) is 0 Å². The van der Waals surface area contributed by atoms with Gasteiger partial charge in [-0.2, -0.15) is 0 Å². The smallest absolute Gasteiger partial charge is 0.227 e. The van der Waals surface area contributed by atoms with Crippen molar-refractivity contribution in [1.29, 1.82) is 0 Å². The first-order valence-electron chi connectivity index (χ1n) is 7.46. The van der Waals surface area contributed by atoms with E-state index in [-0.39, 0.29) is 29.9 Å². The molecule has 0 aliphatic carbocycles. The van der Waals surface area contributed by atoms with Crippen molar-refractivity contribution in [1.82, 2.24) is 4.90 Å². The summed E-state index contributed by atoms with van der Waals surface area (Å²) in [7, 11) is 0. The molecule has 2 aromatic carbocycles. The monoisotopic (exact) mass is 299 g/mol. The molecule has 22 heavy (non-hydrogen) atoms. The van der Waals surface area contributed by atoms with E-state index in [1.807, 2.05) is 11.0 Å². The maximum Gasteiger partial charge on any atom is 0.227 e. The fraction of sp³-hybridized carbons (Fsp3) is 0.278. The van der Waals surface area contributed by atoms with Gasteiger partial charge in [-0.1, -0.05) is 24.3 Å². The number of aromatic hydroxyl groups is 1. The fourth-order valence-corrected chi connectivity index (χ4v) is 3.04. The molecular formula is C18H18FNO2. The Hall–Kier alpha value is -2.36. The Kier molecular flexibility index (Phi) is 4.09. The molecule has 1 heterocycles. The van der Waals surface area contributed by atoms with Crippen molar-refractivity contribution in [2.24, 2.45) is 0 Å². The van der Waals surface area contributed by atoms with Crippen molar-refractivity contribution >= 4 is 5.91 Å². The predicted molar refractivity (Wildman–Crippen MR) is 81.9 cm³/mol. The topological polar surface area (TPSA) is 40.5 Å². The van der Waals surface area contributed by atoms with Crippen molar-refractivity contribution in [3.05, 3.63) is 65.5 Å². The summed E-state index contributed by atoms with van der Waals surface area (Å²) in [5.74, 6) is -0.0568. The van der Waals surface area contributed by atoms with E-state index < -0.39 is 0 Å². The summed E-state index contributed by atoms with van der Waals surface area (Å²) in [5, 5.41) is 9.49. The molecule has 1 aliphatic heterocycles. The minimum Gasteiger partial charge on any atom is -0.508 e. The van der Waals surface area contributed by atoms with Crippen LogP contribution in [-0.4, -0.2) is 22.5 Å². The maximum atomic E-state index is 13.1. The van der Waals surface area contributed by atoms with Gasteiger partial charge in [0.1, 0.15) is 11.6 Å². The van der Waals surface area contributed by atoms with E-state index >= 15 is 0 Å². The highest BCUT2D eigenvalue weighted by molar-refractivity contribution is 5.79. The number of nitrogens with zero attached hydrogens (tertiary/aromatic N) is 1. The third-order valence-electron chi connectivity index (χ3n) is 4.09. The molecule has 2 aromatic rings. The molecule has 0 saturated carbocycles. The van der Waals surface area contributed by atoms with E-state index in [9.17, 15) is 14.3 Å². The molecule has 1 aliphatic rings. The zero-order valence-corrected chi connectivity index (χ0v) is 12.2. The van der Waals surface area contributed by atoms with Gasteiger partial charge in [-0.15, -0.1) is 0 Å². The van der Waals surface area contributed by atoms with Gasteiger partial charge in [0.2, 0.25) is 5.91 Å². The van der Waals surface area contributed by atoms with Crippen LogP contribution in [0.25, 0.3) is 0 Å². The van der Waals surface area contributed by atoms with E-state index in [1.54, 1.807) is 30.3 Å². The van der Waals surface area contributed by atoms with Crippen molar-refractivity contribution < 1.29 is 14.3 Å². The summed E-state index contributed by atoms with van der Waals surface area (Å²) in [6, 6.07) is 13.2. The Morgan fingerprint density at radius 1 is 1.23 bits per heavy atom. The van der Waals surface area contributed by atoms with Gasteiger partial charge in [0.25, 0.3) is 0 Å². The van der Waals surface area contributed by atoms with Gasteiger partial charge in [0.15, 0.2) is 0 Å². The van der Waals surface area contributed by atoms with Crippen LogP contribution in [0.2, 0.25) is 0 Å². The average Bonchev–Trinajstić information content (AvgIpc) is 2.97. The van der Waals surface area contributed by atoms with E-state index in [4.69, 9.17) is 0 Å². The van der Waals surface area contributed by atoms with Crippen LogP contribution in [0.1, 0.15) is 30.0 Å². The zero-order chi connectivity index (χ0) is 15.5. The Balaban J connectivity index is 1.75. The number of hydrogen-bond acceptors (Lipinski definition) is 2. The van der Waals surface area contributed by atoms with Crippen LogP contribution in [0.15, 0.2) is 48.5 Å². The number of carbonyl (C=O) groups is 1. The second kappa shape index (κ2) is 6.18. The van der Waals surface area contributed by atoms with E-state index in [1.165, 1.54) is 12.1 Å². The van der Waals surface area contributed by atoms with Crippen molar-refractivity contribution in [2.45, 2.75) is 25.3 Å². The summed E-state index contributed by atoms with van der Waals surface area (Å²) < 4.78 is 13.1. The lowest BCUT2D eigenvalue weighted by Crippen LogP contribution is -2.31. The van der Waals surface area contributed by atoms with Gasteiger partial charge in [-0.25, -0.2) is 4.39 Å². The number of phenolic OH excluding ortho intramolecular Hbond substituents is 1. The maximum absolute atomic E-state index is 13.1. The molecule has 1 saturated heterocycles. The van der Waals surface area contributed by atoms with Gasteiger partial charge in [-0.05, 0) is 48.2 Å². The first-order chi connectivity index (χ1) is 10.6. The standard InChI is InChI=1S/C18H18FNO2/c19-15-8-6-14(7-9-15)17-5-2-10-20(17)18(22)12-13-3-1-4-16(21)11-13/h1,3-4,6-9,11,17,21H,2,5,10,12H2. The quantitative estimate of drug-likeness (QED) is 0.943. The molecule has 4 heteroatoms. The normalized spacial score (nSPS) is 17.7. The van der Waals surface area contributed by atoms with Crippen molar-refractivity contribution in [2.75, 3.05) is 6.54 Å². The van der Waals surface area contributed by atoms with Gasteiger partial charge >= 0.3 is 0 Å². The molecule has 1 atom stereocenters. The first kappa shape index (κ1) is 14.6. The molecule has 3 rings (SSSR count). The van der Waals surface area contributed by atoms with Crippen LogP contribution >= 0.6 is 0 Å². The lowest BCUT2D eigenvalue weighted by atomic mass is 10.0. The molecule has 3 nitrogen and oxygen atoms in total. The fourth-order valence-electron chi connectivity index (χ4n) is 3.04. The molecule has 0 radical (unpaired) electrons. The molecule has 1 amide bonds. The zero-order valence-electron chi connectivity index (χ0n) is 12.2. The highest BCUT2D eigenvalue weighted by Crippen LogP contribution is 2.32. The number of halogens is 1. The van der Waals surface area contributed by atoms with Crippen LogP contribution in [0.4, 0.5) is 4.39 Å². The molecule has 0 bridgehead atoms. The van der Waals surface area contributed by atoms with Crippen LogP contribution in [0.3, 0.4) is 0 Å². The number of carbonyl (C=O) groups excluding carboxylic acids is 1. The number of phenols is 1. The lowest BCUT2D eigenvalue weighted by Gasteiger charge is -2.25. The van der Waals surface area contributed by atoms with Crippen molar-refractivity contribution in [3.8, 4) is 5.75 Å². The lowest BCUT2D eigenvalue weighted by molar-refractivity contribution is -0.131.